The Bertz CT molecular complexity index is 1260. The van der Waals surface area contributed by atoms with Gasteiger partial charge >= 0.3 is 5.97 Å². The van der Waals surface area contributed by atoms with Gasteiger partial charge in [-0.05, 0) is 62.7 Å². The summed E-state index contributed by atoms with van der Waals surface area (Å²) in [5.74, 6) is -0.540. The molecule has 2 heterocycles. The Labute approximate surface area is 177 Å². The molecule has 0 radical (unpaired) electrons. The van der Waals surface area contributed by atoms with Gasteiger partial charge in [-0.1, -0.05) is 0 Å². The summed E-state index contributed by atoms with van der Waals surface area (Å²) in [5.41, 5.74) is 1.57. The topological polar surface area (TPSA) is 107 Å². The number of carbonyl (C=O) groups is 3. The van der Waals surface area contributed by atoms with Crippen molar-refractivity contribution >= 4 is 34.3 Å². The lowest BCUT2D eigenvalue weighted by Crippen LogP contribution is -2.30. The second kappa shape index (κ2) is 8.14. The van der Waals surface area contributed by atoms with E-state index >= 15 is 0 Å². The molecule has 1 N–H and O–H groups in total. The summed E-state index contributed by atoms with van der Waals surface area (Å²) in [7, 11) is 0. The molecule has 0 saturated carbocycles. The lowest BCUT2D eigenvalue weighted by atomic mass is 10.1. The predicted molar refractivity (Wildman–Crippen MR) is 114 cm³/mol. The van der Waals surface area contributed by atoms with E-state index in [-0.39, 0.29) is 16.9 Å². The van der Waals surface area contributed by atoms with Crippen LogP contribution in [0.5, 0.6) is 0 Å². The molecule has 4 rings (SSSR count). The first-order chi connectivity index (χ1) is 14.8. The van der Waals surface area contributed by atoms with E-state index in [0.29, 0.717) is 34.5 Å². The van der Waals surface area contributed by atoms with Gasteiger partial charge in [0.05, 0.1) is 16.5 Å². The third kappa shape index (κ3) is 4.09. The number of hydrogen-bond acceptors (Lipinski definition) is 6. The maximum Gasteiger partial charge on any atom is 0.338 e. The van der Waals surface area contributed by atoms with Crippen LogP contribution < -0.4 is 10.9 Å². The summed E-state index contributed by atoms with van der Waals surface area (Å²) in [6, 6.07) is 11.0. The first-order valence-electron chi connectivity index (χ1n) is 10.00. The van der Waals surface area contributed by atoms with Crippen LogP contribution >= 0.6 is 0 Å². The Morgan fingerprint density at radius 1 is 1.10 bits per heavy atom. The highest BCUT2D eigenvalue weighted by Crippen LogP contribution is 2.17. The molecule has 158 valence electrons. The number of rotatable bonds is 5. The van der Waals surface area contributed by atoms with Crippen LogP contribution in [0.2, 0.25) is 0 Å². The Kier molecular flexibility index (Phi) is 5.37. The number of benzene rings is 2. The first kappa shape index (κ1) is 20.5. The van der Waals surface area contributed by atoms with Gasteiger partial charge in [0, 0.05) is 24.2 Å². The molecule has 0 spiro atoms. The lowest BCUT2D eigenvalue weighted by Gasteiger charge is -2.14. The fourth-order valence-corrected chi connectivity index (χ4v) is 3.52. The molecule has 0 saturated heterocycles. The number of amides is 1. The fourth-order valence-electron chi connectivity index (χ4n) is 3.52. The highest BCUT2D eigenvalue weighted by atomic mass is 16.5. The van der Waals surface area contributed by atoms with Gasteiger partial charge in [0.25, 0.3) is 11.5 Å². The number of esters is 1. The molecule has 0 bridgehead atoms. The van der Waals surface area contributed by atoms with Crippen molar-refractivity contribution in [3.05, 3.63) is 69.8 Å². The molecule has 1 unspecified atom stereocenters. The summed E-state index contributed by atoms with van der Waals surface area (Å²) in [6.45, 7) is 3.59. The zero-order valence-electron chi connectivity index (χ0n) is 17.2. The van der Waals surface area contributed by atoms with E-state index in [9.17, 15) is 19.2 Å². The van der Waals surface area contributed by atoms with Gasteiger partial charge in [0.1, 0.15) is 5.82 Å². The van der Waals surface area contributed by atoms with Crippen molar-refractivity contribution in [3.8, 4) is 0 Å². The van der Waals surface area contributed by atoms with E-state index in [1.807, 2.05) is 0 Å². The smallest absolute Gasteiger partial charge is 0.338 e. The molecule has 1 atom stereocenters. The number of nitrogens with one attached hydrogen (secondary N) is 1. The standard InChI is InChI=1S/C23H21N3O5/c1-13(27)15-5-8-17(9-6-15)24-21(28)14(2)31-23(30)16-7-10-18-19(12-16)25-20-4-3-11-26(20)22(18)29/h5-10,12,14H,3-4,11H2,1-2H3,(H,24,28). The molecule has 2 aromatic carbocycles. The predicted octanol–water partition coefficient (Wildman–Crippen LogP) is 2.73. The van der Waals surface area contributed by atoms with E-state index in [1.165, 1.54) is 26.0 Å². The van der Waals surface area contributed by atoms with Crippen molar-refractivity contribution in [2.24, 2.45) is 0 Å². The minimum atomic E-state index is -1.05. The number of Topliss-reactive ketones (excluding diaryl/α,β-unsaturated/α-hetero) is 1. The second-order valence-electron chi connectivity index (χ2n) is 7.49. The lowest BCUT2D eigenvalue weighted by molar-refractivity contribution is -0.123. The van der Waals surface area contributed by atoms with Crippen LogP contribution in [0.25, 0.3) is 10.9 Å². The molecule has 0 aliphatic carbocycles. The van der Waals surface area contributed by atoms with Crippen molar-refractivity contribution < 1.29 is 19.1 Å². The van der Waals surface area contributed by atoms with Crippen molar-refractivity contribution in [1.82, 2.24) is 9.55 Å². The number of hydrogen-bond donors (Lipinski definition) is 1. The van der Waals surface area contributed by atoms with Crippen LogP contribution in [0.3, 0.4) is 0 Å². The number of ketones is 1. The average molecular weight is 419 g/mol. The highest BCUT2D eigenvalue weighted by Gasteiger charge is 2.21. The van der Waals surface area contributed by atoms with Crippen LogP contribution in [-0.2, 0) is 22.5 Å². The van der Waals surface area contributed by atoms with Crippen molar-refractivity contribution in [2.75, 3.05) is 5.32 Å². The monoisotopic (exact) mass is 419 g/mol. The number of anilines is 1. The zero-order chi connectivity index (χ0) is 22.1. The summed E-state index contributed by atoms with van der Waals surface area (Å²) in [5, 5.41) is 3.09. The molecule has 3 aromatic rings. The van der Waals surface area contributed by atoms with Gasteiger partial charge in [0.2, 0.25) is 0 Å². The third-order valence-electron chi connectivity index (χ3n) is 5.26. The van der Waals surface area contributed by atoms with Crippen LogP contribution in [-0.4, -0.2) is 33.3 Å². The quantitative estimate of drug-likeness (QED) is 0.503. The van der Waals surface area contributed by atoms with E-state index in [2.05, 4.69) is 10.3 Å². The summed E-state index contributed by atoms with van der Waals surface area (Å²) in [4.78, 5) is 53.3. The fraction of sp³-hybridized carbons (Fsp3) is 0.261. The summed E-state index contributed by atoms with van der Waals surface area (Å²) in [6.07, 6.45) is 0.552. The van der Waals surface area contributed by atoms with Crippen molar-refractivity contribution in [3.63, 3.8) is 0 Å². The maximum atomic E-state index is 12.5. The molecule has 1 aliphatic rings. The van der Waals surface area contributed by atoms with Crippen LogP contribution in [0.4, 0.5) is 5.69 Å². The van der Waals surface area contributed by atoms with Crippen molar-refractivity contribution in [2.45, 2.75) is 39.3 Å². The molecular weight excluding hydrogens is 398 g/mol. The molecule has 8 heteroatoms. The highest BCUT2D eigenvalue weighted by molar-refractivity contribution is 5.99. The maximum absolute atomic E-state index is 12.5. The van der Waals surface area contributed by atoms with Crippen LogP contribution in [0, 0.1) is 0 Å². The van der Waals surface area contributed by atoms with Crippen LogP contribution in [0.15, 0.2) is 47.3 Å². The Morgan fingerprint density at radius 2 is 1.81 bits per heavy atom. The van der Waals surface area contributed by atoms with Gasteiger partial charge in [-0.3, -0.25) is 19.0 Å². The Balaban J connectivity index is 1.46. The van der Waals surface area contributed by atoms with E-state index < -0.39 is 18.0 Å². The number of nitrogens with zero attached hydrogens (tertiary/aromatic N) is 2. The SMILES string of the molecule is CC(=O)c1ccc(NC(=O)C(C)OC(=O)c2ccc3c(=O)n4c(nc3c2)CCC4)cc1. The molecular formula is C23H21N3O5. The van der Waals surface area contributed by atoms with Crippen molar-refractivity contribution in [1.29, 1.82) is 0 Å². The number of fused-ring (bicyclic) bond motifs is 2. The molecule has 8 nitrogen and oxygen atoms in total. The molecule has 1 aliphatic heterocycles. The van der Waals surface area contributed by atoms with E-state index in [4.69, 9.17) is 4.74 Å². The van der Waals surface area contributed by atoms with Gasteiger partial charge in [0.15, 0.2) is 11.9 Å². The number of aryl methyl sites for hydroxylation is 1. The van der Waals surface area contributed by atoms with E-state index in [1.54, 1.807) is 34.9 Å². The molecule has 31 heavy (non-hydrogen) atoms. The van der Waals surface area contributed by atoms with Crippen LogP contribution in [0.1, 0.15) is 46.8 Å². The summed E-state index contributed by atoms with van der Waals surface area (Å²) < 4.78 is 6.95. The molecule has 1 aromatic heterocycles. The van der Waals surface area contributed by atoms with Gasteiger partial charge in [-0.15, -0.1) is 0 Å². The van der Waals surface area contributed by atoms with Gasteiger partial charge in [-0.2, -0.15) is 0 Å². The third-order valence-corrected chi connectivity index (χ3v) is 5.26. The van der Waals surface area contributed by atoms with E-state index in [0.717, 1.165) is 12.8 Å². The van der Waals surface area contributed by atoms with Gasteiger partial charge in [-0.25, -0.2) is 9.78 Å². The molecule has 1 amide bonds. The second-order valence-corrected chi connectivity index (χ2v) is 7.49. The minimum absolute atomic E-state index is 0.0716. The zero-order valence-corrected chi connectivity index (χ0v) is 17.2. The van der Waals surface area contributed by atoms with Gasteiger partial charge < -0.3 is 10.1 Å². The average Bonchev–Trinajstić information content (AvgIpc) is 3.22. The molecule has 0 fully saturated rings. The normalized spacial score (nSPS) is 13.5. The number of carbonyl (C=O) groups excluding carboxylic acids is 3. The summed E-state index contributed by atoms with van der Waals surface area (Å²) >= 11 is 0. The minimum Gasteiger partial charge on any atom is -0.449 e. The number of ether oxygens (including phenoxy) is 1. The number of aromatic nitrogens is 2. The first-order valence-corrected chi connectivity index (χ1v) is 10.00. The largest absolute Gasteiger partial charge is 0.449 e. The Hall–Kier alpha value is -3.81. The Morgan fingerprint density at radius 3 is 2.52 bits per heavy atom.